The average Bonchev–Trinajstić information content (AvgIpc) is 2.56. The number of esters is 1. The number of ether oxygens (including phenoxy) is 2. The second-order valence-corrected chi connectivity index (χ2v) is 7.13. The van der Waals surface area contributed by atoms with Crippen LogP contribution in [-0.4, -0.2) is 36.5 Å². The van der Waals surface area contributed by atoms with E-state index in [1.807, 2.05) is 6.07 Å². The lowest BCUT2D eigenvalue weighted by Gasteiger charge is -2.22. The van der Waals surface area contributed by atoms with Gasteiger partial charge in [-0.25, -0.2) is 9.59 Å². The number of alkyl carbamates (subject to hydrolysis) is 1. The van der Waals surface area contributed by atoms with Crippen LogP contribution in [0.25, 0.3) is 0 Å². The molecule has 0 bridgehead atoms. The number of carbonyl (C=O) groups excluding carboxylic acids is 2. The van der Waals surface area contributed by atoms with Crippen LogP contribution in [-0.2, 0) is 30.0 Å². The summed E-state index contributed by atoms with van der Waals surface area (Å²) in [6.07, 6.45) is -2.75. The molecule has 24 heavy (non-hydrogen) atoms. The van der Waals surface area contributed by atoms with E-state index in [9.17, 15) is 19.0 Å². The molecule has 0 saturated carbocycles. The summed E-state index contributed by atoms with van der Waals surface area (Å²) in [5.74, 6) is -1.13. The molecule has 2 atom stereocenters. The molecule has 0 saturated heterocycles. The number of hydrogen-bond acceptors (Lipinski definition) is 6. The van der Waals surface area contributed by atoms with Crippen LogP contribution >= 0.6 is 7.60 Å². The summed E-state index contributed by atoms with van der Waals surface area (Å²) in [6.45, 7) is 3.31. The molecule has 0 aliphatic heterocycles. The zero-order chi connectivity index (χ0) is 18.2. The van der Waals surface area contributed by atoms with Gasteiger partial charge in [-0.1, -0.05) is 44.2 Å². The van der Waals surface area contributed by atoms with Crippen molar-refractivity contribution in [3.05, 3.63) is 35.9 Å². The maximum absolute atomic E-state index is 12.0. The molecule has 0 aromatic heterocycles. The molecule has 0 heterocycles. The largest absolute Gasteiger partial charge is 0.467 e. The summed E-state index contributed by atoms with van der Waals surface area (Å²) in [7, 11) is -3.08. The van der Waals surface area contributed by atoms with Gasteiger partial charge in [0, 0.05) is 0 Å². The van der Waals surface area contributed by atoms with E-state index in [1.165, 1.54) is 0 Å². The van der Waals surface area contributed by atoms with Gasteiger partial charge in [-0.3, -0.25) is 9.09 Å². The summed E-state index contributed by atoms with van der Waals surface area (Å²) in [5, 5.41) is 2.14. The van der Waals surface area contributed by atoms with E-state index in [4.69, 9.17) is 9.26 Å². The fourth-order valence-electron chi connectivity index (χ4n) is 1.71. The third-order valence-electron chi connectivity index (χ3n) is 2.95. The molecular weight excluding hydrogens is 337 g/mol. The number of carbonyl (C=O) groups is 2. The molecule has 0 radical (unpaired) electrons. The van der Waals surface area contributed by atoms with E-state index in [0.29, 0.717) is 0 Å². The Balaban J connectivity index is 2.47. The monoisotopic (exact) mass is 359 g/mol. The predicted molar refractivity (Wildman–Crippen MR) is 86.2 cm³/mol. The van der Waals surface area contributed by atoms with Gasteiger partial charge in [0.2, 0.25) is 0 Å². The van der Waals surface area contributed by atoms with Crippen molar-refractivity contribution in [3.63, 3.8) is 0 Å². The van der Waals surface area contributed by atoms with E-state index < -0.39 is 32.0 Å². The van der Waals surface area contributed by atoms with Crippen LogP contribution in [0.5, 0.6) is 0 Å². The van der Waals surface area contributed by atoms with Crippen LogP contribution in [0.4, 0.5) is 4.79 Å². The molecule has 0 spiro atoms. The quantitative estimate of drug-likeness (QED) is 0.541. The molecule has 0 aliphatic carbocycles. The molecule has 134 valence electrons. The standard InChI is InChI=1S/C15H22NO7P/c1-11(2)13(14(17)21-3)23-24(19,20)10-16-15(18)22-9-12-7-5-4-6-8-12/h4-8,11,13H,9-10H2,1-3H3,(H,16,18)(H,19,20)/t13-/m1/s1. The maximum atomic E-state index is 12.0. The minimum Gasteiger partial charge on any atom is -0.467 e. The molecule has 2 N–H and O–H groups in total. The van der Waals surface area contributed by atoms with Gasteiger partial charge in [-0.2, -0.15) is 0 Å². The first-order chi connectivity index (χ1) is 11.2. The summed E-state index contributed by atoms with van der Waals surface area (Å²) in [6, 6.07) is 8.97. The summed E-state index contributed by atoms with van der Waals surface area (Å²) in [4.78, 5) is 32.9. The predicted octanol–water partition coefficient (Wildman–Crippen LogP) is 2.27. The first-order valence-electron chi connectivity index (χ1n) is 7.27. The van der Waals surface area contributed by atoms with E-state index in [1.54, 1.807) is 38.1 Å². The molecule has 0 aliphatic rings. The third-order valence-corrected chi connectivity index (χ3v) is 4.07. The van der Waals surface area contributed by atoms with Crippen molar-refractivity contribution < 1.29 is 33.0 Å². The first-order valence-corrected chi connectivity index (χ1v) is 9.04. The number of nitrogens with one attached hydrogen (secondary N) is 1. The van der Waals surface area contributed by atoms with Crippen LogP contribution in [0.1, 0.15) is 19.4 Å². The average molecular weight is 359 g/mol. The number of benzene rings is 1. The molecule has 8 nitrogen and oxygen atoms in total. The highest BCUT2D eigenvalue weighted by Gasteiger charge is 2.33. The van der Waals surface area contributed by atoms with E-state index in [0.717, 1.165) is 12.7 Å². The Hall–Kier alpha value is -1.89. The van der Waals surface area contributed by atoms with Gasteiger partial charge < -0.3 is 19.7 Å². The van der Waals surface area contributed by atoms with Crippen molar-refractivity contribution in [1.82, 2.24) is 5.32 Å². The summed E-state index contributed by atoms with van der Waals surface area (Å²) >= 11 is 0. The smallest absolute Gasteiger partial charge is 0.408 e. The van der Waals surface area contributed by atoms with Gasteiger partial charge in [0.15, 0.2) is 6.10 Å². The minimum absolute atomic E-state index is 0.0278. The Morgan fingerprint density at radius 2 is 1.88 bits per heavy atom. The third kappa shape index (κ3) is 7.12. The zero-order valence-corrected chi connectivity index (χ0v) is 14.7. The van der Waals surface area contributed by atoms with Crippen molar-refractivity contribution >= 4 is 19.7 Å². The van der Waals surface area contributed by atoms with Crippen molar-refractivity contribution in [2.75, 3.05) is 13.4 Å². The van der Waals surface area contributed by atoms with E-state index >= 15 is 0 Å². The highest BCUT2D eigenvalue weighted by molar-refractivity contribution is 7.52. The fourth-order valence-corrected chi connectivity index (χ4v) is 2.79. The van der Waals surface area contributed by atoms with Gasteiger partial charge in [0.25, 0.3) is 0 Å². The van der Waals surface area contributed by atoms with Gasteiger partial charge >= 0.3 is 19.7 Å². The SMILES string of the molecule is COC(=O)[C@H](OP(=O)(O)CNC(=O)OCc1ccccc1)C(C)C. The molecule has 1 amide bonds. The number of amides is 1. The minimum atomic E-state index is -4.23. The van der Waals surface area contributed by atoms with Gasteiger partial charge in [0.1, 0.15) is 12.9 Å². The second kappa shape index (κ2) is 9.42. The van der Waals surface area contributed by atoms with Gasteiger partial charge in [-0.15, -0.1) is 0 Å². The van der Waals surface area contributed by atoms with Crippen LogP contribution in [0.2, 0.25) is 0 Å². The molecule has 1 aromatic carbocycles. The van der Waals surface area contributed by atoms with Crippen molar-refractivity contribution in [2.24, 2.45) is 5.92 Å². The maximum Gasteiger partial charge on any atom is 0.408 e. The lowest BCUT2D eigenvalue weighted by Crippen LogP contribution is -2.32. The Labute approximate surface area is 140 Å². The van der Waals surface area contributed by atoms with Gasteiger partial charge in [0.05, 0.1) is 7.11 Å². The number of methoxy groups -OCH3 is 1. The van der Waals surface area contributed by atoms with E-state index in [2.05, 4.69) is 10.1 Å². The van der Waals surface area contributed by atoms with Crippen molar-refractivity contribution in [1.29, 1.82) is 0 Å². The normalized spacial score (nSPS) is 14.5. The van der Waals surface area contributed by atoms with Crippen molar-refractivity contribution in [2.45, 2.75) is 26.6 Å². The van der Waals surface area contributed by atoms with Crippen LogP contribution < -0.4 is 5.32 Å². The molecular formula is C15H22NO7P. The molecule has 1 aromatic rings. The summed E-state index contributed by atoms with van der Waals surface area (Å²) in [5.41, 5.74) is 0.779. The topological polar surface area (TPSA) is 111 Å². The first kappa shape index (κ1) is 20.2. The fraction of sp³-hybridized carbons (Fsp3) is 0.467. The summed E-state index contributed by atoms with van der Waals surface area (Å²) < 4.78 is 26.4. The highest BCUT2D eigenvalue weighted by atomic mass is 31.2. The molecule has 1 rings (SSSR count). The zero-order valence-electron chi connectivity index (χ0n) is 13.8. The van der Waals surface area contributed by atoms with Crippen LogP contribution in [0.3, 0.4) is 0 Å². The highest BCUT2D eigenvalue weighted by Crippen LogP contribution is 2.43. The van der Waals surface area contributed by atoms with Crippen LogP contribution in [0.15, 0.2) is 30.3 Å². The molecule has 9 heteroatoms. The Bertz CT molecular complexity index is 591. The molecule has 1 unspecified atom stereocenters. The lowest BCUT2D eigenvalue weighted by molar-refractivity contribution is -0.151. The lowest BCUT2D eigenvalue weighted by atomic mass is 10.1. The Morgan fingerprint density at radius 3 is 2.42 bits per heavy atom. The Kier molecular flexibility index (Phi) is 7.91. The number of hydrogen-bond donors (Lipinski definition) is 2. The van der Waals surface area contributed by atoms with Gasteiger partial charge in [-0.05, 0) is 11.5 Å². The molecule has 0 fully saturated rings. The second-order valence-electron chi connectivity index (χ2n) is 5.33. The van der Waals surface area contributed by atoms with Crippen molar-refractivity contribution in [3.8, 4) is 0 Å². The van der Waals surface area contributed by atoms with Crippen LogP contribution in [0, 0.1) is 5.92 Å². The van der Waals surface area contributed by atoms with E-state index in [-0.39, 0.29) is 12.5 Å². The Morgan fingerprint density at radius 1 is 1.25 bits per heavy atom. The number of rotatable bonds is 8.